The van der Waals surface area contributed by atoms with Crippen molar-refractivity contribution in [2.75, 3.05) is 5.75 Å². The topological polar surface area (TPSA) is 80.4 Å². The molecule has 6 heteroatoms. The predicted molar refractivity (Wildman–Crippen MR) is 127 cm³/mol. The Balaban J connectivity index is 0.000000185. The van der Waals surface area contributed by atoms with E-state index in [1.165, 1.54) is 62.1 Å². The van der Waals surface area contributed by atoms with Gasteiger partial charge in [-0.1, -0.05) is 48.5 Å². The van der Waals surface area contributed by atoms with Crippen molar-refractivity contribution in [3.05, 3.63) is 81.6 Å². The molecule has 0 bridgehead atoms. The van der Waals surface area contributed by atoms with Crippen molar-refractivity contribution in [2.45, 2.75) is 32.2 Å². The summed E-state index contributed by atoms with van der Waals surface area (Å²) in [4.78, 5) is -0.00810. The fourth-order valence-corrected chi connectivity index (χ4v) is 5.58. The molecule has 0 aromatic heterocycles. The SMILES string of the molecule is Cc1cc2c3c(ccc2c2ccccc12)CC(N)CC3.O=S(=O)(O)C1=CCSC=C1. The van der Waals surface area contributed by atoms with Gasteiger partial charge in [0.05, 0.1) is 4.91 Å². The standard InChI is InChI=1S/C19H19N.C5H6O3S2/c1-12-10-19-16-9-7-14(20)11-13(16)6-8-18(19)17-5-3-2-4-15(12)17;6-10(7,8)5-1-3-9-4-2-5/h2-6,8,10,14H,7,9,11,20H2,1H3;1-3H,4H2,(H,6,7,8). The van der Waals surface area contributed by atoms with E-state index in [0.717, 1.165) is 19.3 Å². The average Bonchev–Trinajstić information content (AvgIpc) is 2.74. The first kappa shape index (κ1) is 21.1. The van der Waals surface area contributed by atoms with Gasteiger partial charge in [-0.15, -0.1) is 11.8 Å². The van der Waals surface area contributed by atoms with Crippen LogP contribution < -0.4 is 5.73 Å². The first-order chi connectivity index (χ1) is 14.3. The van der Waals surface area contributed by atoms with Gasteiger partial charge < -0.3 is 5.73 Å². The Morgan fingerprint density at radius 1 is 1.07 bits per heavy atom. The van der Waals surface area contributed by atoms with Crippen LogP contribution in [-0.2, 0) is 23.0 Å². The summed E-state index contributed by atoms with van der Waals surface area (Å²) in [5.74, 6) is 0.603. The molecule has 1 aliphatic heterocycles. The molecule has 3 aromatic rings. The third-order valence-electron chi connectivity index (χ3n) is 5.71. The number of nitrogens with two attached hydrogens (primary N) is 1. The van der Waals surface area contributed by atoms with Gasteiger partial charge in [-0.2, -0.15) is 8.42 Å². The molecule has 1 atom stereocenters. The predicted octanol–water partition coefficient (Wildman–Crippen LogP) is 5.14. The molecule has 3 aromatic carbocycles. The average molecular weight is 440 g/mol. The number of hydrogen-bond acceptors (Lipinski definition) is 4. The molecule has 0 fully saturated rings. The maximum Gasteiger partial charge on any atom is 0.294 e. The second-order valence-corrected chi connectivity index (χ2v) is 10.1. The summed E-state index contributed by atoms with van der Waals surface area (Å²) in [6, 6.07) is 16.0. The highest BCUT2D eigenvalue weighted by Gasteiger charge is 2.18. The minimum atomic E-state index is -3.96. The Morgan fingerprint density at radius 3 is 2.47 bits per heavy atom. The largest absolute Gasteiger partial charge is 0.327 e. The molecule has 5 rings (SSSR count). The van der Waals surface area contributed by atoms with Crippen molar-refractivity contribution in [3.63, 3.8) is 0 Å². The van der Waals surface area contributed by atoms with E-state index in [1.54, 1.807) is 5.41 Å². The number of benzene rings is 3. The van der Waals surface area contributed by atoms with E-state index in [0.29, 0.717) is 11.8 Å². The van der Waals surface area contributed by atoms with Crippen molar-refractivity contribution >= 4 is 43.4 Å². The zero-order valence-electron chi connectivity index (χ0n) is 16.8. The molecule has 0 amide bonds. The van der Waals surface area contributed by atoms with Crippen LogP contribution in [0.4, 0.5) is 0 Å². The second kappa shape index (κ2) is 8.55. The molecule has 4 nitrogen and oxygen atoms in total. The lowest BCUT2D eigenvalue weighted by Gasteiger charge is -2.23. The van der Waals surface area contributed by atoms with E-state index >= 15 is 0 Å². The van der Waals surface area contributed by atoms with Crippen LogP contribution in [0.2, 0.25) is 0 Å². The van der Waals surface area contributed by atoms with Gasteiger partial charge in [-0.3, -0.25) is 4.55 Å². The lowest BCUT2D eigenvalue weighted by atomic mass is 9.84. The summed E-state index contributed by atoms with van der Waals surface area (Å²) < 4.78 is 29.3. The third kappa shape index (κ3) is 4.32. The van der Waals surface area contributed by atoms with Crippen LogP contribution in [-0.4, -0.2) is 24.8 Å². The van der Waals surface area contributed by atoms with Crippen LogP contribution in [0.15, 0.2) is 64.9 Å². The van der Waals surface area contributed by atoms with Crippen LogP contribution in [0.5, 0.6) is 0 Å². The van der Waals surface area contributed by atoms with E-state index < -0.39 is 10.1 Å². The first-order valence-corrected chi connectivity index (χ1v) is 12.5. The molecule has 156 valence electrons. The van der Waals surface area contributed by atoms with Crippen molar-refractivity contribution in [1.82, 2.24) is 0 Å². The van der Waals surface area contributed by atoms with Gasteiger partial charge in [-0.25, -0.2) is 0 Å². The number of hydrogen-bond donors (Lipinski definition) is 2. The second-order valence-electron chi connectivity index (χ2n) is 7.76. The lowest BCUT2D eigenvalue weighted by molar-refractivity contribution is 0.492. The number of thioether (sulfide) groups is 1. The Bertz CT molecular complexity index is 1280. The fraction of sp³-hybridized carbons (Fsp3) is 0.250. The molecule has 3 N–H and O–H groups in total. The lowest BCUT2D eigenvalue weighted by Crippen LogP contribution is -2.27. The Hall–Kier alpha value is -2.12. The van der Waals surface area contributed by atoms with E-state index in [4.69, 9.17) is 10.3 Å². The molecule has 0 radical (unpaired) electrons. The van der Waals surface area contributed by atoms with Crippen LogP contribution in [0.3, 0.4) is 0 Å². The molecule has 0 saturated carbocycles. The molecule has 30 heavy (non-hydrogen) atoms. The number of rotatable bonds is 1. The molecule has 0 spiro atoms. The van der Waals surface area contributed by atoms with Crippen LogP contribution >= 0.6 is 11.8 Å². The van der Waals surface area contributed by atoms with Gasteiger partial charge in [-0.05, 0) is 75.9 Å². The molecule has 1 aliphatic carbocycles. The highest BCUT2D eigenvalue weighted by atomic mass is 32.2. The molecule has 2 aliphatic rings. The van der Waals surface area contributed by atoms with Gasteiger partial charge >= 0.3 is 0 Å². The summed E-state index contributed by atoms with van der Waals surface area (Å²) in [7, 11) is -3.96. The van der Waals surface area contributed by atoms with Gasteiger partial charge in [0.15, 0.2) is 0 Å². The van der Waals surface area contributed by atoms with Crippen LogP contribution in [0, 0.1) is 6.92 Å². The molecular formula is C24H25NO3S2. The van der Waals surface area contributed by atoms with Crippen molar-refractivity contribution < 1.29 is 13.0 Å². The van der Waals surface area contributed by atoms with E-state index in [1.807, 2.05) is 0 Å². The summed E-state index contributed by atoms with van der Waals surface area (Å²) in [6.07, 6.45) is 6.10. The van der Waals surface area contributed by atoms with Crippen molar-refractivity contribution in [2.24, 2.45) is 5.73 Å². The highest BCUT2D eigenvalue weighted by molar-refractivity contribution is 8.02. The zero-order chi connectivity index (χ0) is 21.3. The highest BCUT2D eigenvalue weighted by Crippen LogP contribution is 2.34. The third-order valence-corrected chi connectivity index (χ3v) is 7.30. The Kier molecular flexibility index (Phi) is 6.02. The first-order valence-electron chi connectivity index (χ1n) is 9.99. The molecular weight excluding hydrogens is 414 g/mol. The Morgan fingerprint density at radius 2 is 1.80 bits per heavy atom. The van der Waals surface area contributed by atoms with E-state index in [-0.39, 0.29) is 4.91 Å². The van der Waals surface area contributed by atoms with Gasteiger partial charge in [0.1, 0.15) is 0 Å². The zero-order valence-corrected chi connectivity index (χ0v) is 18.5. The molecule has 0 saturated heterocycles. The Labute approximate surface area is 181 Å². The maximum absolute atomic E-state index is 10.4. The molecule has 1 heterocycles. The fourth-order valence-electron chi connectivity index (χ4n) is 4.23. The summed E-state index contributed by atoms with van der Waals surface area (Å²) >= 11 is 1.48. The van der Waals surface area contributed by atoms with Gasteiger partial charge in [0.25, 0.3) is 10.1 Å². The maximum atomic E-state index is 10.4. The minimum absolute atomic E-state index is 0.00810. The van der Waals surface area contributed by atoms with Crippen molar-refractivity contribution in [1.29, 1.82) is 0 Å². The van der Waals surface area contributed by atoms with Crippen LogP contribution in [0.1, 0.15) is 23.1 Å². The molecule has 1 unspecified atom stereocenters. The minimum Gasteiger partial charge on any atom is -0.327 e. The summed E-state index contributed by atoms with van der Waals surface area (Å²) in [5.41, 5.74) is 10.5. The normalized spacial score (nSPS) is 18.5. The monoisotopic (exact) mass is 439 g/mol. The number of allylic oxidation sites excluding steroid dienone is 1. The number of fused-ring (bicyclic) bond motifs is 5. The number of aryl methyl sites for hydroxylation is 2. The van der Waals surface area contributed by atoms with E-state index in [2.05, 4.69) is 49.4 Å². The van der Waals surface area contributed by atoms with E-state index in [9.17, 15) is 8.42 Å². The summed E-state index contributed by atoms with van der Waals surface area (Å²) in [5, 5.41) is 7.21. The van der Waals surface area contributed by atoms with Crippen molar-refractivity contribution in [3.8, 4) is 0 Å². The summed E-state index contributed by atoms with van der Waals surface area (Å²) in [6.45, 7) is 2.22. The van der Waals surface area contributed by atoms with Gasteiger partial charge in [0.2, 0.25) is 0 Å². The van der Waals surface area contributed by atoms with Gasteiger partial charge in [0, 0.05) is 11.8 Å². The quantitative estimate of drug-likeness (QED) is 0.406. The van der Waals surface area contributed by atoms with Crippen LogP contribution in [0.25, 0.3) is 21.5 Å². The smallest absolute Gasteiger partial charge is 0.294 e.